The van der Waals surface area contributed by atoms with Crippen LogP contribution >= 0.6 is 0 Å². The van der Waals surface area contributed by atoms with E-state index >= 15 is 0 Å². The summed E-state index contributed by atoms with van der Waals surface area (Å²) in [4.78, 5) is 22.3. The van der Waals surface area contributed by atoms with Crippen LogP contribution in [0.1, 0.15) is 132 Å². The van der Waals surface area contributed by atoms with Gasteiger partial charge in [-0.1, -0.05) is 73.0 Å². The SMILES string of the molecule is C.CC(C)CCC[C@@H](C)[C@H]1CC[C@H]2[C@@H]3CC=C4C[C@@H](OCCCNC(=O)CCC(=O)O)CC[C@]4(C)[C@H]3CC[C@]12C. The van der Waals surface area contributed by atoms with E-state index in [1.165, 1.54) is 57.8 Å². The van der Waals surface area contributed by atoms with Crippen molar-refractivity contribution in [2.75, 3.05) is 13.2 Å². The van der Waals surface area contributed by atoms with Crippen molar-refractivity contribution in [3.63, 3.8) is 0 Å². The van der Waals surface area contributed by atoms with E-state index in [0.29, 0.717) is 30.1 Å². The van der Waals surface area contributed by atoms with E-state index in [4.69, 9.17) is 9.84 Å². The van der Waals surface area contributed by atoms with E-state index in [1.54, 1.807) is 5.57 Å². The molecule has 8 atom stereocenters. The fraction of sp³-hybridized carbons (Fsp3) is 0.886. The van der Waals surface area contributed by atoms with Gasteiger partial charge in [-0.2, -0.15) is 0 Å². The van der Waals surface area contributed by atoms with Crippen LogP contribution in [-0.2, 0) is 14.3 Å². The Bertz CT molecular complexity index is 883. The smallest absolute Gasteiger partial charge is 0.303 e. The van der Waals surface area contributed by atoms with Gasteiger partial charge in [-0.3, -0.25) is 9.59 Å². The predicted molar refractivity (Wildman–Crippen MR) is 164 cm³/mol. The summed E-state index contributed by atoms with van der Waals surface area (Å²) in [7, 11) is 0. The third-order valence-corrected chi connectivity index (χ3v) is 11.8. The third kappa shape index (κ3) is 7.34. The van der Waals surface area contributed by atoms with Gasteiger partial charge in [-0.15, -0.1) is 0 Å². The lowest BCUT2D eigenvalue weighted by Gasteiger charge is -2.58. The first-order valence-corrected chi connectivity index (χ1v) is 16.3. The summed E-state index contributed by atoms with van der Waals surface area (Å²) in [6.45, 7) is 13.8. The first kappa shape index (κ1) is 33.1. The zero-order valence-electron chi connectivity index (χ0n) is 25.6. The number of amides is 1. The van der Waals surface area contributed by atoms with Crippen LogP contribution in [-0.4, -0.2) is 36.2 Å². The highest BCUT2D eigenvalue weighted by atomic mass is 16.5. The van der Waals surface area contributed by atoms with Gasteiger partial charge in [0, 0.05) is 19.6 Å². The molecule has 0 aromatic carbocycles. The highest BCUT2D eigenvalue weighted by molar-refractivity contribution is 5.80. The molecule has 2 N–H and O–H groups in total. The molecule has 3 fully saturated rings. The number of rotatable bonds is 13. The largest absolute Gasteiger partial charge is 0.481 e. The highest BCUT2D eigenvalue weighted by Crippen LogP contribution is 2.67. The van der Waals surface area contributed by atoms with E-state index in [2.05, 4.69) is 46.0 Å². The number of carbonyl (C=O) groups is 2. The molecule has 1 amide bonds. The molecule has 0 aromatic heterocycles. The van der Waals surface area contributed by atoms with Crippen LogP contribution in [0.2, 0.25) is 0 Å². The first-order valence-electron chi connectivity index (χ1n) is 16.3. The molecule has 40 heavy (non-hydrogen) atoms. The van der Waals surface area contributed by atoms with Gasteiger partial charge < -0.3 is 15.2 Å². The number of allylic oxidation sites excluding steroid dienone is 1. The fourth-order valence-corrected chi connectivity index (χ4v) is 9.65. The normalized spacial score (nSPS) is 35.5. The van der Waals surface area contributed by atoms with Gasteiger partial charge in [0.15, 0.2) is 0 Å². The van der Waals surface area contributed by atoms with Crippen LogP contribution in [0.25, 0.3) is 0 Å². The van der Waals surface area contributed by atoms with Gasteiger partial charge in [0.2, 0.25) is 5.91 Å². The Balaban J connectivity index is 0.00000441. The number of carbonyl (C=O) groups excluding carboxylic acids is 1. The lowest BCUT2D eigenvalue weighted by Crippen LogP contribution is -2.51. The van der Waals surface area contributed by atoms with Crippen LogP contribution in [0.15, 0.2) is 11.6 Å². The Labute approximate surface area is 245 Å². The lowest BCUT2D eigenvalue weighted by atomic mass is 9.47. The van der Waals surface area contributed by atoms with Gasteiger partial charge in [0.1, 0.15) is 0 Å². The van der Waals surface area contributed by atoms with Crippen LogP contribution < -0.4 is 5.32 Å². The van der Waals surface area contributed by atoms with Crippen molar-refractivity contribution in [1.29, 1.82) is 0 Å². The molecule has 5 nitrogen and oxygen atoms in total. The Kier molecular flexibility index (Phi) is 11.8. The van der Waals surface area contributed by atoms with Crippen molar-refractivity contribution in [3.8, 4) is 0 Å². The molecule has 0 spiro atoms. The van der Waals surface area contributed by atoms with Crippen LogP contribution in [0, 0.1) is 46.3 Å². The molecular weight excluding hydrogens is 498 g/mol. The second-order valence-corrected chi connectivity index (χ2v) is 14.6. The molecule has 0 unspecified atom stereocenters. The van der Waals surface area contributed by atoms with E-state index in [1.807, 2.05) is 0 Å². The maximum absolute atomic E-state index is 11.7. The van der Waals surface area contributed by atoms with Crippen LogP contribution in [0.3, 0.4) is 0 Å². The van der Waals surface area contributed by atoms with Crippen molar-refractivity contribution < 1.29 is 19.4 Å². The molecule has 0 radical (unpaired) electrons. The maximum atomic E-state index is 11.7. The minimum Gasteiger partial charge on any atom is -0.481 e. The topological polar surface area (TPSA) is 75.6 Å². The summed E-state index contributed by atoms with van der Waals surface area (Å²) >= 11 is 0. The molecular formula is C35H61NO4. The van der Waals surface area contributed by atoms with Crippen molar-refractivity contribution in [3.05, 3.63) is 11.6 Å². The molecule has 230 valence electrons. The Hall–Kier alpha value is -1.36. The van der Waals surface area contributed by atoms with Crippen molar-refractivity contribution >= 4 is 11.9 Å². The average Bonchev–Trinajstić information content (AvgIpc) is 3.24. The molecule has 3 saturated carbocycles. The highest BCUT2D eigenvalue weighted by Gasteiger charge is 2.59. The van der Waals surface area contributed by atoms with Gasteiger partial charge >= 0.3 is 5.97 Å². The standard InChI is InChI=1S/C34H57NO4.CH4/c1-23(2)8-6-9-24(3)28-12-13-29-27-11-10-25-22-26(39-21-7-20-35-31(36)14-15-32(37)38)16-18-33(25,4)30(27)17-19-34(28,29)5;/h10,23-24,26-30H,6-9,11-22H2,1-5H3,(H,35,36)(H,37,38);1H4/t24-,26+,27+,28-,29+,30+,33+,34-;/m1./s1. The number of carboxylic acid groups (broad SMARTS) is 1. The van der Waals surface area contributed by atoms with Crippen LogP contribution in [0.5, 0.6) is 0 Å². The van der Waals surface area contributed by atoms with Gasteiger partial charge in [0.25, 0.3) is 0 Å². The number of nitrogens with one attached hydrogen (secondary N) is 1. The molecule has 0 aliphatic heterocycles. The monoisotopic (exact) mass is 559 g/mol. The molecule has 5 heteroatoms. The number of hydrogen-bond donors (Lipinski definition) is 2. The summed E-state index contributed by atoms with van der Waals surface area (Å²) in [5, 5.41) is 11.5. The quantitative estimate of drug-likeness (QED) is 0.175. The second kappa shape index (κ2) is 14.2. The van der Waals surface area contributed by atoms with Crippen molar-refractivity contribution in [2.24, 2.45) is 46.3 Å². The van der Waals surface area contributed by atoms with E-state index < -0.39 is 5.97 Å². The number of hydrogen-bond acceptors (Lipinski definition) is 3. The predicted octanol–water partition coefficient (Wildman–Crippen LogP) is 8.42. The van der Waals surface area contributed by atoms with Gasteiger partial charge in [-0.25, -0.2) is 0 Å². The Morgan fingerprint density at radius 3 is 2.52 bits per heavy atom. The number of aliphatic carboxylic acids is 1. The minimum absolute atomic E-state index is 0. The molecule has 0 saturated heterocycles. The summed E-state index contributed by atoms with van der Waals surface area (Å²) in [6.07, 6.45) is 18.3. The Morgan fingerprint density at radius 1 is 1.02 bits per heavy atom. The van der Waals surface area contributed by atoms with Gasteiger partial charge in [-0.05, 0) is 104 Å². The van der Waals surface area contributed by atoms with Gasteiger partial charge in [0.05, 0.1) is 12.5 Å². The molecule has 4 aliphatic carbocycles. The third-order valence-electron chi connectivity index (χ3n) is 11.8. The van der Waals surface area contributed by atoms with Crippen LogP contribution in [0.4, 0.5) is 0 Å². The minimum atomic E-state index is -0.932. The molecule has 0 aromatic rings. The zero-order chi connectivity index (χ0) is 28.2. The van der Waals surface area contributed by atoms with E-state index in [-0.39, 0.29) is 26.2 Å². The molecule has 4 rings (SSSR count). The first-order chi connectivity index (χ1) is 18.5. The average molecular weight is 560 g/mol. The molecule has 4 aliphatic rings. The second-order valence-electron chi connectivity index (χ2n) is 14.6. The van der Waals surface area contributed by atoms with Crippen molar-refractivity contribution in [1.82, 2.24) is 5.32 Å². The molecule has 0 bridgehead atoms. The summed E-state index contributed by atoms with van der Waals surface area (Å²) in [5.41, 5.74) is 2.56. The Morgan fingerprint density at radius 2 is 1.80 bits per heavy atom. The molecule has 0 heterocycles. The fourth-order valence-electron chi connectivity index (χ4n) is 9.65. The van der Waals surface area contributed by atoms with Crippen molar-refractivity contribution in [2.45, 2.75) is 138 Å². The summed E-state index contributed by atoms with van der Waals surface area (Å²) in [5.74, 6) is 4.10. The number of ether oxygens (including phenoxy) is 1. The number of carboxylic acids is 1. The number of fused-ring (bicyclic) bond motifs is 5. The van der Waals surface area contributed by atoms with E-state index in [9.17, 15) is 9.59 Å². The zero-order valence-corrected chi connectivity index (χ0v) is 25.6. The maximum Gasteiger partial charge on any atom is 0.303 e. The summed E-state index contributed by atoms with van der Waals surface area (Å²) < 4.78 is 6.28. The van der Waals surface area contributed by atoms with E-state index in [0.717, 1.165) is 54.8 Å². The summed E-state index contributed by atoms with van der Waals surface area (Å²) in [6, 6.07) is 0. The lowest BCUT2D eigenvalue weighted by molar-refractivity contribution is -0.138.